The molecule has 0 aliphatic heterocycles. The Labute approximate surface area is 272 Å². The van der Waals surface area contributed by atoms with E-state index in [2.05, 4.69) is 9.97 Å². The zero-order chi connectivity index (χ0) is 33.4. The van der Waals surface area contributed by atoms with Crippen molar-refractivity contribution in [1.29, 1.82) is 0 Å². The quantitative estimate of drug-likeness (QED) is 0.158. The van der Waals surface area contributed by atoms with Crippen molar-refractivity contribution in [2.45, 2.75) is 0 Å². The highest BCUT2D eigenvalue weighted by atomic mass is 19.1. The van der Waals surface area contributed by atoms with Crippen LogP contribution in [0.25, 0.3) is 21.5 Å². The van der Waals surface area contributed by atoms with Crippen LogP contribution in [0.3, 0.4) is 0 Å². The van der Waals surface area contributed by atoms with Crippen LogP contribution in [0.15, 0.2) is 134 Å². The van der Waals surface area contributed by atoms with Gasteiger partial charge in [0.25, 0.3) is 0 Å². The first-order valence-corrected chi connectivity index (χ1v) is 14.9. The molecular weight excluding hydrogens is 610 g/mol. The number of fused-ring (bicyclic) bond motifs is 2. The Balaban J connectivity index is 1.18. The fraction of sp³-hybridized carbons (Fsp3) is 0. The number of halogens is 2. The number of carbonyl (C=O) groups excluding carboxylic acids is 4. The average Bonchev–Trinajstić information content (AvgIpc) is 3.13. The smallest absolute Gasteiger partial charge is 0.211 e. The first-order chi connectivity index (χ1) is 23.3. The minimum absolute atomic E-state index is 0.140. The van der Waals surface area contributed by atoms with E-state index in [0.717, 1.165) is 0 Å². The van der Waals surface area contributed by atoms with E-state index in [1.165, 1.54) is 60.9 Å². The molecular formula is C40H22F2N2O4. The molecule has 7 aromatic rings. The lowest BCUT2D eigenvalue weighted by molar-refractivity contribution is 0.102. The third-order valence-corrected chi connectivity index (χ3v) is 8.13. The van der Waals surface area contributed by atoms with Gasteiger partial charge in [0.05, 0.1) is 0 Å². The molecule has 0 N–H and O–H groups in total. The maximum atomic E-state index is 13.7. The fourth-order valence-corrected chi connectivity index (χ4v) is 5.67. The molecule has 0 bridgehead atoms. The number of benzene rings is 5. The molecule has 0 aliphatic rings. The van der Waals surface area contributed by atoms with Crippen molar-refractivity contribution in [3.8, 4) is 0 Å². The van der Waals surface area contributed by atoms with Crippen LogP contribution in [0, 0.1) is 11.6 Å². The summed E-state index contributed by atoms with van der Waals surface area (Å²) in [7, 11) is 0. The maximum Gasteiger partial charge on any atom is 0.211 e. The summed E-state index contributed by atoms with van der Waals surface area (Å²) < 4.78 is 26.8. The van der Waals surface area contributed by atoms with E-state index in [1.807, 2.05) is 0 Å². The number of carbonyl (C=O) groups is 4. The van der Waals surface area contributed by atoms with E-state index >= 15 is 0 Å². The van der Waals surface area contributed by atoms with Crippen LogP contribution in [0.4, 0.5) is 8.78 Å². The number of hydrogen-bond donors (Lipinski definition) is 0. The van der Waals surface area contributed by atoms with Crippen molar-refractivity contribution < 1.29 is 28.0 Å². The van der Waals surface area contributed by atoms with Gasteiger partial charge in [-0.2, -0.15) is 0 Å². The predicted molar refractivity (Wildman–Crippen MR) is 176 cm³/mol. The van der Waals surface area contributed by atoms with Crippen molar-refractivity contribution in [1.82, 2.24) is 9.97 Å². The Morgan fingerprint density at radius 3 is 1.02 bits per heavy atom. The van der Waals surface area contributed by atoms with E-state index in [0.29, 0.717) is 32.7 Å². The molecule has 8 heteroatoms. The van der Waals surface area contributed by atoms with Gasteiger partial charge in [-0.15, -0.1) is 0 Å². The number of aromatic nitrogens is 2. The van der Waals surface area contributed by atoms with E-state index in [-0.39, 0.29) is 45.2 Å². The van der Waals surface area contributed by atoms with Gasteiger partial charge >= 0.3 is 0 Å². The van der Waals surface area contributed by atoms with Gasteiger partial charge in [0.1, 0.15) is 23.0 Å². The van der Waals surface area contributed by atoms with E-state index in [9.17, 15) is 28.0 Å². The number of hydrogen-bond acceptors (Lipinski definition) is 6. The van der Waals surface area contributed by atoms with Crippen molar-refractivity contribution in [2.24, 2.45) is 0 Å². The molecule has 0 saturated carbocycles. The van der Waals surface area contributed by atoms with Gasteiger partial charge in [-0.1, -0.05) is 72.8 Å². The Kier molecular flexibility index (Phi) is 7.74. The molecule has 0 amide bonds. The number of pyridine rings is 2. The van der Waals surface area contributed by atoms with E-state index in [4.69, 9.17) is 0 Å². The normalized spacial score (nSPS) is 11.0. The SMILES string of the molecule is O=C(c1ccc(C(=O)c2cnc(C(=O)c3ccc(F)cc3)c3ccccc23)cc1)c1cnc(C(=O)c2ccc(F)cc2)c2ccccc12. The first kappa shape index (κ1) is 30.1. The zero-order valence-electron chi connectivity index (χ0n) is 25.0. The lowest BCUT2D eigenvalue weighted by Crippen LogP contribution is -2.10. The number of rotatable bonds is 8. The molecule has 0 saturated heterocycles. The summed E-state index contributed by atoms with van der Waals surface area (Å²) in [5, 5.41) is 2.00. The Morgan fingerprint density at radius 1 is 0.375 bits per heavy atom. The fourth-order valence-electron chi connectivity index (χ4n) is 5.67. The predicted octanol–water partition coefficient (Wildman–Crippen LogP) is 7.99. The molecule has 6 nitrogen and oxygen atoms in total. The van der Waals surface area contributed by atoms with E-state index in [1.54, 1.807) is 72.8 Å². The van der Waals surface area contributed by atoms with Gasteiger partial charge in [0.15, 0.2) is 11.6 Å². The van der Waals surface area contributed by atoms with Crippen LogP contribution in [0.1, 0.15) is 63.9 Å². The van der Waals surface area contributed by atoms with Crippen LogP contribution in [0.2, 0.25) is 0 Å². The summed E-state index contributed by atoms with van der Waals surface area (Å²) in [4.78, 5) is 62.5. The molecule has 7 rings (SSSR count). The molecule has 0 atom stereocenters. The lowest BCUT2D eigenvalue weighted by Gasteiger charge is -2.11. The molecule has 5 aromatic carbocycles. The third kappa shape index (κ3) is 5.45. The van der Waals surface area contributed by atoms with E-state index < -0.39 is 23.2 Å². The topological polar surface area (TPSA) is 94.1 Å². The molecule has 0 fully saturated rings. The summed E-state index contributed by atoms with van der Waals surface area (Å²) in [6.07, 6.45) is 2.71. The Hall–Kier alpha value is -6.54. The summed E-state index contributed by atoms with van der Waals surface area (Å²) in [5.74, 6) is -2.43. The summed E-state index contributed by atoms with van der Waals surface area (Å²) in [6.45, 7) is 0. The minimum Gasteiger partial charge on any atom is -0.289 e. The third-order valence-electron chi connectivity index (χ3n) is 8.13. The molecule has 48 heavy (non-hydrogen) atoms. The second-order valence-electron chi connectivity index (χ2n) is 11.0. The maximum absolute atomic E-state index is 13.7. The van der Waals surface area contributed by atoms with Gasteiger partial charge in [0, 0.05) is 56.5 Å². The van der Waals surface area contributed by atoms with Crippen LogP contribution in [-0.2, 0) is 0 Å². The molecule has 0 aliphatic carbocycles. The van der Waals surface area contributed by atoms with Gasteiger partial charge in [0.2, 0.25) is 11.6 Å². The number of nitrogens with zero attached hydrogens (tertiary/aromatic N) is 2. The van der Waals surface area contributed by atoms with Crippen molar-refractivity contribution in [2.75, 3.05) is 0 Å². The lowest BCUT2D eigenvalue weighted by atomic mass is 9.93. The molecule has 0 unspecified atom stereocenters. The van der Waals surface area contributed by atoms with Crippen LogP contribution in [-0.4, -0.2) is 33.1 Å². The minimum atomic E-state index is -0.462. The largest absolute Gasteiger partial charge is 0.289 e. The van der Waals surface area contributed by atoms with Crippen molar-refractivity contribution in [3.05, 3.63) is 190 Å². The van der Waals surface area contributed by atoms with Gasteiger partial charge in [-0.25, -0.2) is 8.78 Å². The van der Waals surface area contributed by atoms with Gasteiger partial charge in [-0.05, 0) is 59.3 Å². The zero-order valence-corrected chi connectivity index (χ0v) is 25.0. The highest BCUT2D eigenvalue weighted by Crippen LogP contribution is 2.28. The van der Waals surface area contributed by atoms with Crippen LogP contribution in [0.5, 0.6) is 0 Å². The average molecular weight is 633 g/mol. The second kappa shape index (κ2) is 12.3. The van der Waals surface area contributed by atoms with Crippen LogP contribution < -0.4 is 0 Å². The van der Waals surface area contributed by atoms with Crippen LogP contribution >= 0.6 is 0 Å². The summed E-state index contributed by atoms with van der Waals surface area (Å²) >= 11 is 0. The van der Waals surface area contributed by atoms with Gasteiger partial charge in [-0.3, -0.25) is 29.1 Å². The molecule has 2 heterocycles. The summed E-state index contributed by atoms with van der Waals surface area (Å²) in [5.41, 5.74) is 1.98. The Morgan fingerprint density at radius 2 is 0.667 bits per heavy atom. The van der Waals surface area contributed by atoms with Crippen molar-refractivity contribution in [3.63, 3.8) is 0 Å². The Bertz CT molecular complexity index is 2250. The highest BCUT2D eigenvalue weighted by Gasteiger charge is 2.22. The van der Waals surface area contributed by atoms with Crippen molar-refractivity contribution >= 4 is 44.7 Å². The first-order valence-electron chi connectivity index (χ1n) is 14.9. The standard InChI is InChI=1S/C40H22F2N2O4/c41-27-17-13-25(14-18-27)39(47)35-31-7-3-1-5-29(31)33(21-43-35)37(45)23-9-11-24(12-10-23)38(46)34-22-44-36(32-8-4-2-6-30(32)34)40(48)26-15-19-28(42)20-16-26/h1-22H. The highest BCUT2D eigenvalue weighted by molar-refractivity contribution is 6.23. The second-order valence-corrected chi connectivity index (χ2v) is 11.0. The van der Waals surface area contributed by atoms with Gasteiger partial charge < -0.3 is 0 Å². The molecule has 0 radical (unpaired) electrons. The number of ketones is 4. The molecule has 0 spiro atoms. The molecule has 230 valence electrons. The molecule has 2 aromatic heterocycles. The monoisotopic (exact) mass is 632 g/mol. The summed E-state index contributed by atoms with van der Waals surface area (Å²) in [6, 6.07) is 30.4.